The number of aryl methyl sites for hydroxylation is 5. The first-order chi connectivity index (χ1) is 32.6. The summed E-state index contributed by atoms with van der Waals surface area (Å²) in [5.41, 5.74) is 11.1. The summed E-state index contributed by atoms with van der Waals surface area (Å²) in [6.45, 7) is 16.1. The van der Waals surface area contributed by atoms with Crippen molar-refractivity contribution in [2.45, 2.75) is 74.4 Å². The third-order valence-electron chi connectivity index (χ3n) is 8.95. The highest BCUT2D eigenvalue weighted by Gasteiger charge is 2.13. The summed E-state index contributed by atoms with van der Waals surface area (Å²) < 4.78 is 0. The Hall–Kier alpha value is -7.76. The van der Waals surface area contributed by atoms with Gasteiger partial charge in [-0.2, -0.15) is 0 Å². The Morgan fingerprint density at radius 1 is 0.418 bits per heavy atom. The minimum Gasteiger partial charge on any atom is -0.298 e. The normalized spacial score (nSPS) is 11.7. The molecule has 11 rings (SSSR count). The molecule has 67 heavy (non-hydrogen) atoms. The Morgan fingerprint density at radius 3 is 1.37 bits per heavy atom. The molecule has 344 valence electrons. The van der Waals surface area contributed by atoms with Gasteiger partial charge in [-0.25, -0.2) is 19.9 Å². The van der Waals surface area contributed by atoms with Gasteiger partial charge in [-0.3, -0.25) is 34.8 Å². The first kappa shape index (κ1) is 53.6. The second kappa shape index (κ2) is 33.7. The van der Waals surface area contributed by atoms with Crippen LogP contribution in [0, 0.1) is 34.6 Å². The van der Waals surface area contributed by atoms with Crippen LogP contribution in [0.4, 0.5) is 5.82 Å². The quantitative estimate of drug-likeness (QED) is 0.146. The van der Waals surface area contributed by atoms with E-state index in [4.69, 9.17) is 0 Å². The minimum absolute atomic E-state index is 0.822. The lowest BCUT2D eigenvalue weighted by Crippen LogP contribution is -2.07. The second-order valence-electron chi connectivity index (χ2n) is 15.2. The van der Waals surface area contributed by atoms with E-state index >= 15 is 0 Å². The molecule has 0 amide bonds. The number of aliphatic imine (C=N–C) groups is 2. The lowest BCUT2D eigenvalue weighted by molar-refractivity contribution is 0.353. The molecule has 0 spiro atoms. The molecule has 0 aliphatic carbocycles. The van der Waals surface area contributed by atoms with Crippen molar-refractivity contribution in [1.82, 2.24) is 44.8 Å². The summed E-state index contributed by atoms with van der Waals surface area (Å²) in [6, 6.07) is 40.2. The van der Waals surface area contributed by atoms with Gasteiger partial charge in [0.05, 0.1) is 5.69 Å². The molecule has 11 nitrogen and oxygen atoms in total. The lowest BCUT2D eigenvalue weighted by Gasteiger charge is -2.02. The topological polar surface area (TPSA) is 131 Å². The zero-order valence-corrected chi connectivity index (χ0v) is 40.3. The largest absolute Gasteiger partial charge is 0.298 e. The van der Waals surface area contributed by atoms with Crippen LogP contribution < -0.4 is 0 Å². The van der Waals surface area contributed by atoms with Gasteiger partial charge < -0.3 is 0 Å². The molecular weight excluding hydrogens is 827 g/mol. The second-order valence-corrected chi connectivity index (χ2v) is 15.2. The molecule has 0 unspecified atom stereocenters. The van der Waals surface area contributed by atoms with Crippen molar-refractivity contribution >= 4 is 17.2 Å². The highest BCUT2D eigenvalue weighted by atomic mass is 15.1. The molecule has 0 fully saturated rings. The summed E-state index contributed by atoms with van der Waals surface area (Å²) in [5.74, 6) is 1.72. The van der Waals surface area contributed by atoms with Crippen LogP contribution in [0.3, 0.4) is 0 Å². The van der Waals surface area contributed by atoms with Gasteiger partial charge in [0.15, 0.2) is 5.82 Å². The lowest BCUT2D eigenvalue weighted by atomic mass is 10.1. The third-order valence-corrected chi connectivity index (χ3v) is 8.95. The van der Waals surface area contributed by atoms with E-state index < -0.39 is 0 Å². The number of rotatable bonds is 0. The van der Waals surface area contributed by atoms with E-state index in [1.165, 1.54) is 33.5 Å². The fourth-order valence-corrected chi connectivity index (χ4v) is 5.58. The highest BCUT2D eigenvalue weighted by Crippen LogP contribution is 2.22. The molecule has 0 saturated heterocycles. The Bertz CT molecular complexity index is 2260. The number of hydrogen-bond acceptors (Lipinski definition) is 11. The van der Waals surface area contributed by atoms with E-state index in [1.807, 2.05) is 146 Å². The molecule has 3 aliphatic rings. The predicted molar refractivity (Wildman–Crippen MR) is 276 cm³/mol. The number of benzene rings is 2. The first-order valence-electron chi connectivity index (χ1n) is 22.1. The molecule has 0 atom stereocenters. The summed E-state index contributed by atoms with van der Waals surface area (Å²) in [5, 5.41) is 0. The maximum Gasteiger partial charge on any atom is 0.155 e. The van der Waals surface area contributed by atoms with Crippen molar-refractivity contribution in [2.24, 2.45) is 9.98 Å². The van der Waals surface area contributed by atoms with Gasteiger partial charge in [-0.05, 0) is 120 Å². The molecule has 3 aliphatic heterocycles. The maximum absolute atomic E-state index is 4.26. The van der Waals surface area contributed by atoms with E-state index in [0.717, 1.165) is 54.7 Å². The molecule has 6 aromatic heterocycles. The maximum atomic E-state index is 4.26. The average Bonchev–Trinajstić information content (AvgIpc) is 4.11. The van der Waals surface area contributed by atoms with Crippen molar-refractivity contribution in [1.29, 1.82) is 0 Å². The van der Waals surface area contributed by atoms with Gasteiger partial charge in [0, 0.05) is 123 Å². The van der Waals surface area contributed by atoms with E-state index in [0.29, 0.717) is 0 Å². The third kappa shape index (κ3) is 26.6. The zero-order valence-electron chi connectivity index (χ0n) is 40.3. The van der Waals surface area contributed by atoms with Crippen molar-refractivity contribution < 1.29 is 0 Å². The number of allylic oxidation sites excluding steroid dienone is 1. The van der Waals surface area contributed by atoms with Gasteiger partial charge in [0.2, 0.25) is 0 Å². The molecule has 0 bridgehead atoms. The van der Waals surface area contributed by atoms with E-state index in [-0.39, 0.29) is 0 Å². The van der Waals surface area contributed by atoms with Gasteiger partial charge in [0.1, 0.15) is 5.82 Å². The Kier molecular flexibility index (Phi) is 27.0. The van der Waals surface area contributed by atoms with Gasteiger partial charge in [0.25, 0.3) is 0 Å². The summed E-state index contributed by atoms with van der Waals surface area (Å²) in [4.78, 5) is 41.9. The van der Waals surface area contributed by atoms with Crippen LogP contribution in [0.5, 0.6) is 0 Å². The summed E-state index contributed by atoms with van der Waals surface area (Å²) in [6.07, 6.45) is 25.2. The smallest absolute Gasteiger partial charge is 0.155 e. The number of hydrogen-bond donors (Lipinski definition) is 0. The van der Waals surface area contributed by atoms with Crippen molar-refractivity contribution in [3.8, 4) is 0 Å². The Morgan fingerprint density at radius 2 is 1.00 bits per heavy atom. The standard InChI is InChI=1S/C9H11N.C8H8N2.3C6H7N.C6H6.2C5H6N2.C5H7N/c1-10-6-8-4-2-3-5-9(8)7-10;1-6-5-7-3-2-4-9-8(7)10-6;1-6-2-4-7-5-3-6;1-6-3-2-4-7-5-6;1-6-4-2-3-5-7-6;1-2-4-6-5-3-1;1-5-4-6-2-3-7-5;1-5-6-3-2-4-7-5;1-5-3-2-4-6-5/h2-5H,6-7H2,1H3;2-4H,5H2,1H3;3*2-5H,1H3;1-6H;2*2-4H,1H3;2,4H,3H2,1H3. The molecule has 0 N–H and O–H groups in total. The first-order valence-corrected chi connectivity index (χ1v) is 22.1. The zero-order chi connectivity index (χ0) is 48.2. The van der Waals surface area contributed by atoms with Crippen molar-refractivity contribution in [3.05, 3.63) is 247 Å². The van der Waals surface area contributed by atoms with E-state index in [1.54, 1.807) is 68.0 Å². The molecule has 11 heteroatoms. The Balaban J connectivity index is 0.000000201. The van der Waals surface area contributed by atoms with E-state index in [9.17, 15) is 0 Å². The van der Waals surface area contributed by atoms with Gasteiger partial charge in [-0.1, -0.05) is 84.9 Å². The van der Waals surface area contributed by atoms with Gasteiger partial charge >= 0.3 is 0 Å². The van der Waals surface area contributed by atoms with Crippen LogP contribution in [0.1, 0.15) is 65.3 Å². The van der Waals surface area contributed by atoms with Crippen molar-refractivity contribution in [2.75, 3.05) is 7.05 Å². The predicted octanol–water partition coefficient (Wildman–Crippen LogP) is 12.2. The molecule has 0 saturated carbocycles. The fourth-order valence-electron chi connectivity index (χ4n) is 5.58. The molecule has 2 aromatic carbocycles. The van der Waals surface area contributed by atoms with Crippen LogP contribution in [-0.2, 0) is 19.5 Å². The number of pyridine rings is 4. The Labute approximate surface area is 398 Å². The molecule has 8 aromatic rings. The number of nitrogens with zero attached hydrogens (tertiary/aromatic N) is 11. The summed E-state index contributed by atoms with van der Waals surface area (Å²) >= 11 is 0. The van der Waals surface area contributed by atoms with Crippen LogP contribution >= 0.6 is 0 Å². The minimum atomic E-state index is 0.822. The summed E-state index contributed by atoms with van der Waals surface area (Å²) in [7, 11) is 2.15. The molecular formula is C56H65N11. The van der Waals surface area contributed by atoms with Crippen LogP contribution in [-0.4, -0.2) is 63.2 Å². The van der Waals surface area contributed by atoms with Crippen LogP contribution in [0.25, 0.3) is 0 Å². The SMILES string of the molecule is CC1=NC=CC1.CC1=Nc2ncccc2C1.CN1Cc2ccccc2C1.Cc1ccccn1.Cc1cccnc1.Cc1ccncc1.Cc1cnccn1.Cc1ncccn1.c1ccccc1. The average molecular weight is 892 g/mol. The monoisotopic (exact) mass is 892 g/mol. The van der Waals surface area contributed by atoms with Gasteiger partial charge in [-0.15, -0.1) is 0 Å². The molecule has 9 heterocycles. The molecule has 0 radical (unpaired) electrons. The van der Waals surface area contributed by atoms with Crippen LogP contribution in [0.15, 0.2) is 212 Å². The van der Waals surface area contributed by atoms with Crippen molar-refractivity contribution in [3.63, 3.8) is 0 Å². The van der Waals surface area contributed by atoms with Crippen LogP contribution in [0.2, 0.25) is 0 Å². The highest BCUT2D eigenvalue weighted by molar-refractivity contribution is 5.91. The fraction of sp³-hybridized carbons (Fsp3) is 0.214. The van der Waals surface area contributed by atoms with E-state index in [2.05, 4.69) is 98.2 Å². The number of aromatic nitrogens is 8. The number of fused-ring (bicyclic) bond motifs is 2.